The number of nitrogens with one attached hydrogen (secondary N) is 1. The van der Waals surface area contributed by atoms with Crippen LogP contribution in [0.4, 0.5) is 0 Å². The summed E-state index contributed by atoms with van der Waals surface area (Å²) >= 11 is 0. The summed E-state index contributed by atoms with van der Waals surface area (Å²) in [6.45, 7) is 5.82. The van der Waals surface area contributed by atoms with Crippen molar-refractivity contribution in [1.29, 1.82) is 0 Å². The van der Waals surface area contributed by atoms with Crippen LogP contribution in [-0.2, 0) is 9.59 Å². The third kappa shape index (κ3) is 27.2. The Kier molecular flexibility index (Phi) is 22.0. The molecule has 0 aliphatic heterocycles. The molecule has 162 valence electrons. The van der Waals surface area contributed by atoms with E-state index in [0.29, 0.717) is 6.42 Å². The number of hydrazine groups is 1. The zero-order valence-electron chi connectivity index (χ0n) is 17.8. The Balaban J connectivity index is 0. The molecule has 0 aromatic carbocycles. The standard InChI is InChI=1S/C18H38N2O.C3H6O3/c1-17(2)15-13-11-9-7-5-3-4-6-8-10-12-14-16-18(21)20-19;1-2(4)3(5)6/h17H,3-16,19H2,1-2H3,(H,20,21);2,4H,1H3,(H,5,6). The van der Waals surface area contributed by atoms with E-state index in [1.165, 1.54) is 77.6 Å². The van der Waals surface area contributed by atoms with Crippen LogP contribution in [0.2, 0.25) is 0 Å². The molecule has 0 saturated carbocycles. The Morgan fingerprint density at radius 1 is 0.778 bits per heavy atom. The number of aliphatic carboxylic acids is 1. The van der Waals surface area contributed by atoms with E-state index in [1.54, 1.807) is 0 Å². The maximum Gasteiger partial charge on any atom is 0.332 e. The van der Waals surface area contributed by atoms with Gasteiger partial charge in [-0.15, -0.1) is 0 Å². The molecule has 1 unspecified atom stereocenters. The maximum absolute atomic E-state index is 10.9. The van der Waals surface area contributed by atoms with E-state index in [9.17, 15) is 9.59 Å². The van der Waals surface area contributed by atoms with Crippen LogP contribution in [-0.4, -0.2) is 28.2 Å². The second-order valence-electron chi connectivity index (χ2n) is 7.76. The summed E-state index contributed by atoms with van der Waals surface area (Å²) < 4.78 is 0. The number of carbonyl (C=O) groups is 2. The SMILES string of the molecule is CC(C)CCCCCCCCCCCCCCC(=O)NN.CC(O)C(=O)O. The predicted molar refractivity (Wildman–Crippen MR) is 111 cm³/mol. The fourth-order valence-corrected chi connectivity index (χ4v) is 2.68. The molecule has 0 aliphatic rings. The van der Waals surface area contributed by atoms with Crippen LogP contribution in [0, 0.1) is 5.92 Å². The summed E-state index contributed by atoms with van der Waals surface area (Å²) in [7, 11) is 0. The van der Waals surface area contributed by atoms with E-state index in [4.69, 9.17) is 16.1 Å². The zero-order chi connectivity index (χ0) is 20.9. The van der Waals surface area contributed by atoms with Gasteiger partial charge in [-0.05, 0) is 19.3 Å². The van der Waals surface area contributed by atoms with Gasteiger partial charge in [0.15, 0.2) is 0 Å². The number of rotatable bonds is 16. The summed E-state index contributed by atoms with van der Waals surface area (Å²) in [5.74, 6) is 4.68. The van der Waals surface area contributed by atoms with Crippen LogP contribution in [0.5, 0.6) is 0 Å². The Hall–Kier alpha value is -1.14. The molecule has 0 bridgehead atoms. The van der Waals surface area contributed by atoms with Crippen molar-refractivity contribution in [3.63, 3.8) is 0 Å². The number of carbonyl (C=O) groups excluding carboxylic acids is 1. The molecule has 5 N–H and O–H groups in total. The lowest BCUT2D eigenvalue weighted by molar-refractivity contribution is -0.145. The minimum Gasteiger partial charge on any atom is -0.479 e. The molecule has 0 saturated heterocycles. The quantitative estimate of drug-likeness (QED) is 0.134. The Morgan fingerprint density at radius 2 is 1.11 bits per heavy atom. The highest BCUT2D eigenvalue weighted by Crippen LogP contribution is 2.14. The number of hydrogen-bond acceptors (Lipinski definition) is 4. The third-order valence-electron chi connectivity index (χ3n) is 4.45. The number of amides is 1. The highest BCUT2D eigenvalue weighted by molar-refractivity contribution is 5.75. The lowest BCUT2D eigenvalue weighted by Gasteiger charge is -2.05. The van der Waals surface area contributed by atoms with Gasteiger partial charge in [-0.3, -0.25) is 10.2 Å². The summed E-state index contributed by atoms with van der Waals surface area (Å²) in [5.41, 5.74) is 2.17. The van der Waals surface area contributed by atoms with Crippen LogP contribution >= 0.6 is 0 Å². The van der Waals surface area contributed by atoms with E-state index in [-0.39, 0.29) is 5.91 Å². The fourth-order valence-electron chi connectivity index (χ4n) is 2.68. The topological polar surface area (TPSA) is 113 Å². The lowest BCUT2D eigenvalue weighted by atomic mass is 10.0. The van der Waals surface area contributed by atoms with Crippen LogP contribution in [0.3, 0.4) is 0 Å². The van der Waals surface area contributed by atoms with Gasteiger partial charge in [0.1, 0.15) is 6.10 Å². The first kappa shape index (κ1) is 28.1. The molecule has 0 radical (unpaired) electrons. The van der Waals surface area contributed by atoms with E-state index in [2.05, 4.69) is 19.3 Å². The number of aliphatic hydroxyl groups excluding tert-OH is 1. The molecule has 0 heterocycles. The first-order chi connectivity index (χ1) is 12.8. The lowest BCUT2D eigenvalue weighted by Crippen LogP contribution is -2.29. The van der Waals surface area contributed by atoms with Gasteiger partial charge in [-0.1, -0.05) is 90.9 Å². The number of aliphatic hydroxyl groups is 1. The largest absolute Gasteiger partial charge is 0.479 e. The first-order valence-corrected chi connectivity index (χ1v) is 10.7. The van der Waals surface area contributed by atoms with Crippen molar-refractivity contribution >= 4 is 11.9 Å². The van der Waals surface area contributed by atoms with Crippen molar-refractivity contribution in [3.05, 3.63) is 0 Å². The van der Waals surface area contributed by atoms with Crippen molar-refractivity contribution in [2.75, 3.05) is 0 Å². The van der Waals surface area contributed by atoms with Gasteiger partial charge in [0.2, 0.25) is 5.91 Å². The molecular formula is C21H44N2O4. The molecular weight excluding hydrogens is 344 g/mol. The van der Waals surface area contributed by atoms with Gasteiger partial charge in [0.05, 0.1) is 0 Å². The molecule has 0 aromatic rings. The minimum absolute atomic E-state index is 0.0385. The Bertz CT molecular complexity index is 347. The molecule has 0 fully saturated rings. The monoisotopic (exact) mass is 388 g/mol. The Morgan fingerprint density at radius 3 is 1.41 bits per heavy atom. The third-order valence-corrected chi connectivity index (χ3v) is 4.45. The van der Waals surface area contributed by atoms with Crippen LogP contribution in [0.15, 0.2) is 0 Å². The van der Waals surface area contributed by atoms with Crippen molar-refractivity contribution in [2.24, 2.45) is 11.8 Å². The molecule has 1 amide bonds. The summed E-state index contributed by atoms with van der Waals surface area (Å²) in [6.07, 6.45) is 16.7. The normalized spacial score (nSPS) is 11.6. The summed E-state index contributed by atoms with van der Waals surface area (Å²) in [4.78, 5) is 20.4. The van der Waals surface area contributed by atoms with Gasteiger partial charge in [-0.25, -0.2) is 10.6 Å². The van der Waals surface area contributed by atoms with Gasteiger partial charge >= 0.3 is 5.97 Å². The second kappa shape index (κ2) is 21.2. The average Bonchev–Trinajstić information content (AvgIpc) is 2.61. The smallest absolute Gasteiger partial charge is 0.332 e. The van der Waals surface area contributed by atoms with Gasteiger partial charge < -0.3 is 10.2 Å². The number of carboxylic acid groups (broad SMARTS) is 1. The van der Waals surface area contributed by atoms with Crippen molar-refractivity contribution in [2.45, 2.75) is 117 Å². The zero-order valence-corrected chi connectivity index (χ0v) is 17.8. The van der Waals surface area contributed by atoms with E-state index in [1.807, 2.05) is 0 Å². The minimum atomic E-state index is -1.23. The number of nitrogens with two attached hydrogens (primary N) is 1. The van der Waals surface area contributed by atoms with E-state index < -0.39 is 12.1 Å². The number of carboxylic acids is 1. The molecule has 0 aliphatic carbocycles. The molecule has 1 atom stereocenters. The predicted octanol–water partition coefficient (Wildman–Crippen LogP) is 4.55. The van der Waals surface area contributed by atoms with Gasteiger partial charge in [0.25, 0.3) is 0 Å². The molecule has 27 heavy (non-hydrogen) atoms. The van der Waals surface area contributed by atoms with Crippen molar-refractivity contribution < 1.29 is 19.8 Å². The number of unbranched alkanes of at least 4 members (excludes halogenated alkanes) is 11. The van der Waals surface area contributed by atoms with Crippen LogP contribution < -0.4 is 11.3 Å². The van der Waals surface area contributed by atoms with Gasteiger partial charge in [-0.2, -0.15) is 0 Å². The molecule has 6 nitrogen and oxygen atoms in total. The summed E-state index contributed by atoms with van der Waals surface area (Å²) in [5, 5.41) is 15.8. The van der Waals surface area contributed by atoms with Crippen molar-refractivity contribution in [3.8, 4) is 0 Å². The van der Waals surface area contributed by atoms with E-state index in [0.717, 1.165) is 18.8 Å². The maximum atomic E-state index is 10.9. The average molecular weight is 389 g/mol. The van der Waals surface area contributed by atoms with Crippen molar-refractivity contribution in [1.82, 2.24) is 5.43 Å². The van der Waals surface area contributed by atoms with Crippen LogP contribution in [0.1, 0.15) is 111 Å². The second-order valence-corrected chi connectivity index (χ2v) is 7.76. The van der Waals surface area contributed by atoms with E-state index >= 15 is 0 Å². The fraction of sp³-hybridized carbons (Fsp3) is 0.905. The number of hydrogen-bond donors (Lipinski definition) is 4. The highest BCUT2D eigenvalue weighted by atomic mass is 16.4. The molecule has 0 aromatic heterocycles. The molecule has 0 spiro atoms. The summed E-state index contributed by atoms with van der Waals surface area (Å²) in [6, 6.07) is 0. The highest BCUT2D eigenvalue weighted by Gasteiger charge is 2.01. The first-order valence-electron chi connectivity index (χ1n) is 10.7. The van der Waals surface area contributed by atoms with Crippen LogP contribution in [0.25, 0.3) is 0 Å². The Labute approximate surface area is 166 Å². The van der Waals surface area contributed by atoms with Gasteiger partial charge in [0, 0.05) is 6.42 Å². The molecule has 6 heteroatoms. The molecule has 0 rings (SSSR count).